The lowest BCUT2D eigenvalue weighted by Gasteiger charge is -2.13. The third-order valence-electron chi connectivity index (χ3n) is 3.90. The molecule has 3 aromatic carbocycles. The molecule has 160 valence electrons. The number of carbonyl (C=O) groups excluding carboxylic acids is 1. The van der Waals surface area contributed by atoms with Crippen LogP contribution in [0.3, 0.4) is 0 Å². The lowest BCUT2D eigenvalue weighted by molar-refractivity contribution is 0.0977. The SMILES string of the molecule is O=C(NC(=S)Nc1ccc(Cl)c(S(=O)(=O)Nc2cccc(Cl)c2)c1)c1ccccc1Br. The summed E-state index contributed by atoms with van der Waals surface area (Å²) in [7, 11) is -4.01. The number of benzene rings is 3. The molecule has 0 aliphatic heterocycles. The highest BCUT2D eigenvalue weighted by atomic mass is 79.9. The van der Waals surface area contributed by atoms with Crippen LogP contribution >= 0.6 is 51.3 Å². The van der Waals surface area contributed by atoms with Gasteiger partial charge in [-0.25, -0.2) is 8.42 Å². The summed E-state index contributed by atoms with van der Waals surface area (Å²) in [6.07, 6.45) is 0. The highest BCUT2D eigenvalue weighted by molar-refractivity contribution is 9.10. The molecule has 6 nitrogen and oxygen atoms in total. The van der Waals surface area contributed by atoms with Crippen molar-refractivity contribution in [3.05, 3.63) is 86.8 Å². The van der Waals surface area contributed by atoms with Gasteiger partial charge in [0.05, 0.1) is 16.3 Å². The molecule has 0 aliphatic rings. The van der Waals surface area contributed by atoms with E-state index in [4.69, 9.17) is 35.4 Å². The van der Waals surface area contributed by atoms with Crippen LogP contribution in [0.4, 0.5) is 11.4 Å². The lowest BCUT2D eigenvalue weighted by Crippen LogP contribution is -2.34. The second-order valence-corrected chi connectivity index (χ2v) is 9.91. The number of carbonyl (C=O) groups is 1. The predicted molar refractivity (Wildman–Crippen MR) is 132 cm³/mol. The van der Waals surface area contributed by atoms with Gasteiger partial charge in [-0.15, -0.1) is 0 Å². The van der Waals surface area contributed by atoms with Gasteiger partial charge in [0.15, 0.2) is 5.11 Å². The van der Waals surface area contributed by atoms with Crippen molar-refractivity contribution in [3.63, 3.8) is 0 Å². The molecule has 0 unspecified atom stereocenters. The van der Waals surface area contributed by atoms with E-state index in [2.05, 4.69) is 31.3 Å². The Bertz CT molecular complexity index is 1270. The molecule has 0 heterocycles. The summed E-state index contributed by atoms with van der Waals surface area (Å²) in [5.74, 6) is -0.422. The lowest BCUT2D eigenvalue weighted by atomic mass is 10.2. The molecule has 3 N–H and O–H groups in total. The Kier molecular flexibility index (Phi) is 7.55. The molecule has 3 aromatic rings. The summed E-state index contributed by atoms with van der Waals surface area (Å²) >= 11 is 20.5. The number of hydrogen-bond donors (Lipinski definition) is 3. The zero-order valence-electron chi connectivity index (χ0n) is 15.5. The summed E-state index contributed by atoms with van der Waals surface area (Å²) in [5, 5.41) is 5.72. The van der Waals surface area contributed by atoms with Gasteiger partial charge < -0.3 is 5.32 Å². The third kappa shape index (κ3) is 6.18. The summed E-state index contributed by atoms with van der Waals surface area (Å²) in [5.41, 5.74) is 1.02. The fraction of sp³-hybridized carbons (Fsp3) is 0. The van der Waals surface area contributed by atoms with Gasteiger partial charge >= 0.3 is 0 Å². The number of rotatable bonds is 5. The van der Waals surface area contributed by atoms with Crippen molar-refractivity contribution in [1.82, 2.24) is 5.32 Å². The Morgan fingerprint density at radius 3 is 2.39 bits per heavy atom. The topological polar surface area (TPSA) is 87.3 Å². The standard InChI is InChI=1S/C20H14BrCl2N3O3S2/c21-16-7-2-1-6-15(16)19(27)25-20(30)24-13-8-9-17(23)18(11-13)31(28,29)26-14-5-3-4-12(22)10-14/h1-11,26H,(H2,24,25,27,30). The van der Waals surface area contributed by atoms with Crippen LogP contribution in [0.25, 0.3) is 0 Å². The molecule has 0 aliphatic carbocycles. The van der Waals surface area contributed by atoms with Gasteiger partial charge in [-0.3, -0.25) is 14.8 Å². The minimum atomic E-state index is -4.01. The normalized spacial score (nSPS) is 10.9. The quantitative estimate of drug-likeness (QED) is 0.350. The molecule has 11 heteroatoms. The van der Waals surface area contributed by atoms with Crippen LogP contribution in [0.1, 0.15) is 10.4 Å². The molecule has 0 saturated heterocycles. The molecule has 0 radical (unpaired) electrons. The van der Waals surface area contributed by atoms with Gasteiger partial charge in [0, 0.05) is 15.2 Å². The molecular weight excluding hydrogens is 545 g/mol. The van der Waals surface area contributed by atoms with Crippen molar-refractivity contribution >= 4 is 83.8 Å². The number of sulfonamides is 1. The maximum absolute atomic E-state index is 12.8. The minimum absolute atomic E-state index is 0.00535. The van der Waals surface area contributed by atoms with Crippen LogP contribution in [0.5, 0.6) is 0 Å². The number of thiocarbonyl (C=S) groups is 1. The van der Waals surface area contributed by atoms with E-state index in [1.54, 1.807) is 42.5 Å². The fourth-order valence-corrected chi connectivity index (χ4v) is 4.97. The van der Waals surface area contributed by atoms with Gasteiger partial charge in [-0.1, -0.05) is 41.4 Å². The van der Waals surface area contributed by atoms with E-state index >= 15 is 0 Å². The Labute approximate surface area is 203 Å². The Morgan fingerprint density at radius 1 is 0.935 bits per heavy atom. The summed E-state index contributed by atoms with van der Waals surface area (Å²) < 4.78 is 28.6. The summed E-state index contributed by atoms with van der Waals surface area (Å²) in [4.78, 5) is 12.2. The number of anilines is 2. The molecule has 31 heavy (non-hydrogen) atoms. The number of hydrogen-bond acceptors (Lipinski definition) is 4. The van der Waals surface area contributed by atoms with Crippen LogP contribution < -0.4 is 15.4 Å². The van der Waals surface area contributed by atoms with Crippen molar-refractivity contribution < 1.29 is 13.2 Å². The predicted octanol–water partition coefficient (Wildman–Crippen LogP) is 5.68. The van der Waals surface area contributed by atoms with E-state index in [0.29, 0.717) is 20.7 Å². The first-order valence-electron chi connectivity index (χ1n) is 8.60. The van der Waals surface area contributed by atoms with E-state index in [9.17, 15) is 13.2 Å². The molecule has 0 fully saturated rings. The summed E-state index contributed by atoms with van der Waals surface area (Å²) in [6.45, 7) is 0. The van der Waals surface area contributed by atoms with Crippen LogP contribution in [0.15, 0.2) is 76.1 Å². The van der Waals surface area contributed by atoms with E-state index in [1.807, 2.05) is 0 Å². The Hall–Kier alpha value is -2.17. The van der Waals surface area contributed by atoms with Gasteiger partial charge in [-0.05, 0) is 76.7 Å². The Balaban J connectivity index is 1.76. The van der Waals surface area contributed by atoms with Gasteiger partial charge in [0.25, 0.3) is 15.9 Å². The van der Waals surface area contributed by atoms with E-state index in [0.717, 1.165) is 0 Å². The zero-order valence-corrected chi connectivity index (χ0v) is 20.3. The molecule has 0 spiro atoms. The molecular formula is C20H14BrCl2N3O3S2. The number of nitrogens with one attached hydrogen (secondary N) is 3. The second kappa shape index (κ2) is 9.97. The molecule has 0 saturated carbocycles. The molecule has 3 rings (SSSR count). The van der Waals surface area contributed by atoms with E-state index < -0.39 is 15.9 Å². The average Bonchev–Trinajstić information content (AvgIpc) is 2.69. The Morgan fingerprint density at radius 2 is 1.68 bits per heavy atom. The van der Waals surface area contributed by atoms with Crippen molar-refractivity contribution in [1.29, 1.82) is 0 Å². The number of halogens is 3. The minimum Gasteiger partial charge on any atom is -0.332 e. The molecule has 0 aromatic heterocycles. The highest BCUT2D eigenvalue weighted by Gasteiger charge is 2.20. The van der Waals surface area contributed by atoms with Gasteiger partial charge in [-0.2, -0.15) is 0 Å². The van der Waals surface area contributed by atoms with Crippen LogP contribution in [0, 0.1) is 0 Å². The van der Waals surface area contributed by atoms with Crippen molar-refractivity contribution in [2.24, 2.45) is 0 Å². The van der Waals surface area contributed by atoms with Crippen LogP contribution in [0.2, 0.25) is 10.0 Å². The van der Waals surface area contributed by atoms with E-state index in [1.165, 1.54) is 24.3 Å². The smallest absolute Gasteiger partial charge is 0.263 e. The van der Waals surface area contributed by atoms with Crippen molar-refractivity contribution in [3.8, 4) is 0 Å². The maximum atomic E-state index is 12.8. The largest absolute Gasteiger partial charge is 0.332 e. The maximum Gasteiger partial charge on any atom is 0.263 e. The first-order chi connectivity index (χ1) is 14.7. The van der Waals surface area contributed by atoms with Crippen LogP contribution in [-0.2, 0) is 10.0 Å². The molecule has 0 bridgehead atoms. The average molecular weight is 559 g/mol. The first-order valence-corrected chi connectivity index (χ1v) is 12.0. The summed E-state index contributed by atoms with van der Waals surface area (Å²) in [6, 6.07) is 17.4. The van der Waals surface area contributed by atoms with Gasteiger partial charge in [0.1, 0.15) is 4.90 Å². The highest BCUT2D eigenvalue weighted by Crippen LogP contribution is 2.27. The fourth-order valence-electron chi connectivity index (χ4n) is 2.53. The first kappa shape index (κ1) is 23.5. The zero-order chi connectivity index (χ0) is 22.6. The van der Waals surface area contributed by atoms with Crippen molar-refractivity contribution in [2.75, 3.05) is 10.0 Å². The van der Waals surface area contributed by atoms with Gasteiger partial charge in [0.2, 0.25) is 0 Å². The second-order valence-electron chi connectivity index (χ2n) is 6.15. The molecule has 1 amide bonds. The van der Waals surface area contributed by atoms with Crippen molar-refractivity contribution in [2.45, 2.75) is 4.90 Å². The monoisotopic (exact) mass is 557 g/mol. The van der Waals surface area contributed by atoms with E-state index in [-0.39, 0.29) is 20.7 Å². The third-order valence-corrected chi connectivity index (χ3v) is 6.89. The molecule has 0 atom stereocenters. The van der Waals surface area contributed by atoms with Crippen LogP contribution in [-0.4, -0.2) is 19.4 Å². The number of amides is 1.